The molecule has 6 nitrogen and oxygen atoms in total. The van der Waals surface area contributed by atoms with Crippen LogP contribution >= 0.6 is 11.5 Å². The highest BCUT2D eigenvalue weighted by Crippen LogP contribution is 2.17. The zero-order valence-electron chi connectivity index (χ0n) is 8.88. The summed E-state index contributed by atoms with van der Waals surface area (Å²) in [7, 11) is 0. The van der Waals surface area contributed by atoms with Gasteiger partial charge in [0.15, 0.2) is 5.69 Å². The number of nitrogen functional groups attached to an aromatic ring is 1. The molecule has 0 spiro atoms. The van der Waals surface area contributed by atoms with Crippen LogP contribution in [0, 0.1) is 0 Å². The van der Waals surface area contributed by atoms with Crippen LogP contribution in [0.3, 0.4) is 0 Å². The molecule has 0 fully saturated rings. The summed E-state index contributed by atoms with van der Waals surface area (Å²) in [6, 6.07) is 3.80. The second-order valence-electron chi connectivity index (χ2n) is 3.27. The standard InChI is InChI=1S/C10H11N5OS/c11-14-10(16)9-8(6-17-15-9)13-5-7-2-1-3-12-4-7/h1-4,6,13H,5,11H2,(H,14,16). The van der Waals surface area contributed by atoms with Crippen molar-refractivity contribution in [3.63, 3.8) is 0 Å². The molecule has 17 heavy (non-hydrogen) atoms. The second-order valence-corrected chi connectivity index (χ2v) is 3.89. The van der Waals surface area contributed by atoms with Gasteiger partial charge >= 0.3 is 0 Å². The zero-order chi connectivity index (χ0) is 12.1. The number of carbonyl (C=O) groups excluding carboxylic acids is 1. The molecule has 0 unspecified atom stereocenters. The number of hydrazine groups is 1. The van der Waals surface area contributed by atoms with Crippen LogP contribution < -0.4 is 16.6 Å². The molecule has 2 aromatic heterocycles. The molecule has 0 saturated heterocycles. The predicted molar refractivity (Wildman–Crippen MR) is 65.3 cm³/mol. The summed E-state index contributed by atoms with van der Waals surface area (Å²) in [5, 5.41) is 4.88. The molecule has 0 aliphatic carbocycles. The Morgan fingerprint density at radius 1 is 1.53 bits per heavy atom. The van der Waals surface area contributed by atoms with E-state index in [0.29, 0.717) is 17.9 Å². The molecule has 0 saturated carbocycles. The monoisotopic (exact) mass is 249 g/mol. The predicted octanol–water partition coefficient (Wildman–Crippen LogP) is 0.754. The van der Waals surface area contributed by atoms with Gasteiger partial charge in [-0.2, -0.15) is 4.37 Å². The van der Waals surface area contributed by atoms with Gasteiger partial charge in [-0.1, -0.05) is 6.07 Å². The van der Waals surface area contributed by atoms with Gasteiger partial charge in [0.1, 0.15) is 0 Å². The Balaban J connectivity index is 2.05. The molecular weight excluding hydrogens is 238 g/mol. The van der Waals surface area contributed by atoms with E-state index >= 15 is 0 Å². The molecule has 7 heteroatoms. The van der Waals surface area contributed by atoms with Gasteiger partial charge < -0.3 is 5.32 Å². The van der Waals surface area contributed by atoms with Crippen molar-refractivity contribution in [3.8, 4) is 0 Å². The van der Waals surface area contributed by atoms with E-state index in [0.717, 1.165) is 5.56 Å². The number of nitrogens with zero attached hydrogens (tertiary/aromatic N) is 2. The fraction of sp³-hybridized carbons (Fsp3) is 0.100. The number of hydrogen-bond donors (Lipinski definition) is 3. The number of amides is 1. The maximum Gasteiger partial charge on any atom is 0.287 e. The fourth-order valence-electron chi connectivity index (χ4n) is 1.29. The Kier molecular flexibility index (Phi) is 3.63. The van der Waals surface area contributed by atoms with Crippen LogP contribution in [0.1, 0.15) is 16.1 Å². The first-order valence-electron chi connectivity index (χ1n) is 4.89. The molecule has 2 rings (SSSR count). The van der Waals surface area contributed by atoms with Crippen LogP contribution in [-0.4, -0.2) is 15.3 Å². The van der Waals surface area contributed by atoms with Gasteiger partial charge in [0.05, 0.1) is 5.69 Å². The van der Waals surface area contributed by atoms with Crippen molar-refractivity contribution < 1.29 is 4.79 Å². The molecule has 0 aliphatic heterocycles. The van der Waals surface area contributed by atoms with Crippen molar-refractivity contribution in [1.82, 2.24) is 14.8 Å². The molecule has 0 atom stereocenters. The number of rotatable bonds is 4. The Hall–Kier alpha value is -1.99. The minimum absolute atomic E-state index is 0.307. The maximum absolute atomic E-state index is 11.4. The van der Waals surface area contributed by atoms with E-state index in [4.69, 9.17) is 5.84 Å². The number of anilines is 1. The Bertz CT molecular complexity index is 498. The first-order chi connectivity index (χ1) is 8.31. The maximum atomic E-state index is 11.4. The van der Waals surface area contributed by atoms with Gasteiger partial charge in [-0.05, 0) is 23.2 Å². The largest absolute Gasteiger partial charge is 0.378 e. The van der Waals surface area contributed by atoms with Crippen molar-refractivity contribution in [1.29, 1.82) is 0 Å². The van der Waals surface area contributed by atoms with Crippen molar-refractivity contribution in [2.45, 2.75) is 6.54 Å². The van der Waals surface area contributed by atoms with E-state index in [2.05, 4.69) is 20.1 Å². The molecule has 2 heterocycles. The lowest BCUT2D eigenvalue weighted by Crippen LogP contribution is -2.30. The number of nitrogens with two attached hydrogens (primary N) is 1. The SMILES string of the molecule is NNC(=O)c1nscc1NCc1cccnc1. The average Bonchev–Trinajstić information content (AvgIpc) is 2.85. The summed E-state index contributed by atoms with van der Waals surface area (Å²) in [6.45, 7) is 0.580. The number of aromatic nitrogens is 2. The van der Waals surface area contributed by atoms with Gasteiger partial charge in [0.2, 0.25) is 0 Å². The lowest BCUT2D eigenvalue weighted by Gasteiger charge is -2.05. The average molecular weight is 249 g/mol. The first kappa shape index (κ1) is 11.5. The molecule has 0 aliphatic rings. The third kappa shape index (κ3) is 2.77. The number of hydrogen-bond acceptors (Lipinski definition) is 6. The Morgan fingerprint density at radius 3 is 3.12 bits per heavy atom. The van der Waals surface area contributed by atoms with Gasteiger partial charge in [0, 0.05) is 24.3 Å². The van der Waals surface area contributed by atoms with Crippen molar-refractivity contribution in [2.75, 3.05) is 5.32 Å². The number of pyridine rings is 1. The van der Waals surface area contributed by atoms with Crippen LogP contribution in [-0.2, 0) is 6.54 Å². The third-order valence-electron chi connectivity index (χ3n) is 2.12. The normalized spacial score (nSPS) is 9.94. The molecule has 0 bridgehead atoms. The second kappa shape index (κ2) is 5.37. The van der Waals surface area contributed by atoms with E-state index in [1.165, 1.54) is 11.5 Å². The van der Waals surface area contributed by atoms with Crippen LogP contribution in [0.25, 0.3) is 0 Å². The van der Waals surface area contributed by atoms with Crippen molar-refractivity contribution in [3.05, 3.63) is 41.2 Å². The number of nitrogens with one attached hydrogen (secondary N) is 2. The minimum Gasteiger partial charge on any atom is -0.378 e. The summed E-state index contributed by atoms with van der Waals surface area (Å²) < 4.78 is 3.97. The molecule has 0 aromatic carbocycles. The first-order valence-corrected chi connectivity index (χ1v) is 5.73. The van der Waals surface area contributed by atoms with Gasteiger partial charge in [0.25, 0.3) is 5.91 Å². The topological polar surface area (TPSA) is 92.9 Å². The van der Waals surface area contributed by atoms with Gasteiger partial charge in [-0.25, -0.2) is 5.84 Å². The summed E-state index contributed by atoms with van der Waals surface area (Å²) in [6.07, 6.45) is 3.47. The Labute approximate surface area is 102 Å². The highest BCUT2D eigenvalue weighted by molar-refractivity contribution is 7.04. The molecule has 4 N–H and O–H groups in total. The lowest BCUT2D eigenvalue weighted by atomic mass is 10.2. The van der Waals surface area contributed by atoms with E-state index < -0.39 is 5.91 Å². The van der Waals surface area contributed by atoms with E-state index in [9.17, 15) is 4.79 Å². The minimum atomic E-state index is -0.403. The highest BCUT2D eigenvalue weighted by atomic mass is 32.1. The summed E-state index contributed by atoms with van der Waals surface area (Å²) >= 11 is 1.20. The van der Waals surface area contributed by atoms with E-state index in [1.54, 1.807) is 17.8 Å². The van der Waals surface area contributed by atoms with Gasteiger partial charge in [-0.3, -0.25) is 15.2 Å². The van der Waals surface area contributed by atoms with Crippen molar-refractivity contribution in [2.24, 2.45) is 5.84 Å². The summed E-state index contributed by atoms with van der Waals surface area (Å²) in [5.41, 5.74) is 4.06. The van der Waals surface area contributed by atoms with Crippen LogP contribution in [0.5, 0.6) is 0 Å². The zero-order valence-corrected chi connectivity index (χ0v) is 9.70. The van der Waals surface area contributed by atoms with Crippen LogP contribution in [0.4, 0.5) is 5.69 Å². The van der Waals surface area contributed by atoms with E-state index in [1.807, 2.05) is 12.1 Å². The molecule has 0 radical (unpaired) electrons. The molecule has 1 amide bonds. The third-order valence-corrected chi connectivity index (χ3v) is 2.75. The van der Waals surface area contributed by atoms with Crippen LogP contribution in [0.2, 0.25) is 0 Å². The lowest BCUT2D eigenvalue weighted by molar-refractivity contribution is 0.0950. The summed E-state index contributed by atoms with van der Waals surface area (Å²) in [4.78, 5) is 15.4. The van der Waals surface area contributed by atoms with Crippen molar-refractivity contribution >= 4 is 23.1 Å². The Morgan fingerprint density at radius 2 is 2.41 bits per heavy atom. The van der Waals surface area contributed by atoms with Gasteiger partial charge in [-0.15, -0.1) is 0 Å². The molecular formula is C10H11N5OS. The fourth-order valence-corrected chi connectivity index (χ4v) is 1.93. The number of carbonyl (C=O) groups is 1. The quantitative estimate of drug-likeness (QED) is 0.422. The summed E-state index contributed by atoms with van der Waals surface area (Å²) in [5.74, 6) is 4.66. The van der Waals surface area contributed by atoms with Crippen LogP contribution in [0.15, 0.2) is 29.9 Å². The highest BCUT2D eigenvalue weighted by Gasteiger charge is 2.12. The molecule has 2 aromatic rings. The van der Waals surface area contributed by atoms with E-state index in [-0.39, 0.29) is 0 Å². The smallest absolute Gasteiger partial charge is 0.287 e. The molecule has 88 valence electrons.